The molecule has 1 rings (SSSR count). The zero-order valence-electron chi connectivity index (χ0n) is 11.8. The van der Waals surface area contributed by atoms with Crippen molar-refractivity contribution in [2.75, 3.05) is 27.4 Å². The van der Waals surface area contributed by atoms with Crippen LogP contribution in [0.5, 0.6) is 11.5 Å². The number of benzene rings is 1. The number of hydrogen-bond acceptors (Lipinski definition) is 5. The fourth-order valence-corrected chi connectivity index (χ4v) is 1.52. The minimum Gasteiger partial charge on any atom is -0.493 e. The van der Waals surface area contributed by atoms with Gasteiger partial charge in [0.25, 0.3) is 5.91 Å². The van der Waals surface area contributed by atoms with Crippen LogP contribution >= 0.6 is 0 Å². The van der Waals surface area contributed by atoms with Crippen molar-refractivity contribution in [1.29, 1.82) is 0 Å². The summed E-state index contributed by atoms with van der Waals surface area (Å²) in [4.78, 5) is 22.5. The van der Waals surface area contributed by atoms with Crippen LogP contribution < -0.4 is 14.8 Å². The Labute approximate surface area is 118 Å². The van der Waals surface area contributed by atoms with Crippen LogP contribution in [0.4, 0.5) is 0 Å². The van der Waals surface area contributed by atoms with Crippen LogP contribution in [0.25, 0.3) is 0 Å². The Morgan fingerprint density at radius 2 is 2.10 bits per heavy atom. The molecule has 0 bridgehead atoms. The number of carbonyl (C=O) groups is 2. The van der Waals surface area contributed by atoms with Crippen LogP contribution in [-0.2, 0) is 9.53 Å². The van der Waals surface area contributed by atoms with Crippen molar-refractivity contribution >= 4 is 12.2 Å². The minimum atomic E-state index is -0.706. The van der Waals surface area contributed by atoms with Crippen LogP contribution in [-0.4, -0.2) is 45.7 Å². The third kappa shape index (κ3) is 4.55. The minimum absolute atomic E-state index is 0.263. The second-order valence-electron chi connectivity index (χ2n) is 4.07. The highest BCUT2D eigenvalue weighted by atomic mass is 16.5. The third-order valence-corrected chi connectivity index (χ3v) is 2.60. The second-order valence-corrected chi connectivity index (χ2v) is 4.07. The summed E-state index contributed by atoms with van der Waals surface area (Å²) in [5.74, 6) is 0.555. The lowest BCUT2D eigenvalue weighted by molar-refractivity contribution is -0.127. The largest absolute Gasteiger partial charge is 0.493 e. The molecule has 0 saturated carbocycles. The number of ether oxygens (including phenoxy) is 3. The van der Waals surface area contributed by atoms with E-state index in [0.717, 1.165) is 0 Å². The summed E-state index contributed by atoms with van der Waals surface area (Å²) < 4.78 is 15.5. The topological polar surface area (TPSA) is 73.9 Å². The molecule has 0 saturated heterocycles. The lowest BCUT2D eigenvalue weighted by Crippen LogP contribution is -2.38. The normalized spacial score (nSPS) is 11.6. The average Bonchev–Trinajstić information content (AvgIpc) is 2.47. The van der Waals surface area contributed by atoms with E-state index in [4.69, 9.17) is 14.2 Å². The molecule has 1 atom stereocenters. The molecule has 1 amide bonds. The Balaban J connectivity index is 2.70. The van der Waals surface area contributed by atoms with Crippen LogP contribution in [0.15, 0.2) is 18.2 Å². The second kappa shape index (κ2) is 8.16. The predicted molar refractivity (Wildman–Crippen MR) is 73.4 cm³/mol. The monoisotopic (exact) mass is 281 g/mol. The molecule has 0 spiro atoms. The maximum Gasteiger partial charge on any atom is 0.260 e. The third-order valence-electron chi connectivity index (χ3n) is 2.60. The van der Waals surface area contributed by atoms with Crippen molar-refractivity contribution in [3.05, 3.63) is 23.8 Å². The van der Waals surface area contributed by atoms with E-state index in [9.17, 15) is 9.59 Å². The molecule has 0 aromatic heterocycles. The van der Waals surface area contributed by atoms with E-state index in [1.807, 2.05) is 0 Å². The molecule has 0 radical (unpaired) electrons. The number of rotatable bonds is 8. The van der Waals surface area contributed by atoms with Gasteiger partial charge in [-0.05, 0) is 25.1 Å². The summed E-state index contributed by atoms with van der Waals surface area (Å²) in [6, 6.07) is 4.77. The van der Waals surface area contributed by atoms with E-state index >= 15 is 0 Å². The fraction of sp³-hybridized carbons (Fsp3) is 0.429. The van der Waals surface area contributed by atoms with Crippen LogP contribution in [0, 0.1) is 0 Å². The molecule has 0 fully saturated rings. The molecule has 20 heavy (non-hydrogen) atoms. The molecule has 110 valence electrons. The summed E-state index contributed by atoms with van der Waals surface area (Å²) in [5, 5.41) is 2.67. The fourth-order valence-electron chi connectivity index (χ4n) is 1.52. The molecule has 6 nitrogen and oxygen atoms in total. The van der Waals surface area contributed by atoms with Gasteiger partial charge in [0.2, 0.25) is 0 Å². The molecule has 0 aliphatic heterocycles. The van der Waals surface area contributed by atoms with E-state index in [0.29, 0.717) is 36.5 Å². The van der Waals surface area contributed by atoms with Gasteiger partial charge in [-0.15, -0.1) is 0 Å². The molecular formula is C14H19NO5. The Morgan fingerprint density at radius 1 is 1.35 bits per heavy atom. The summed E-state index contributed by atoms with van der Waals surface area (Å²) in [7, 11) is 3.05. The van der Waals surface area contributed by atoms with Crippen LogP contribution in [0.3, 0.4) is 0 Å². The zero-order chi connectivity index (χ0) is 15.0. The van der Waals surface area contributed by atoms with E-state index in [-0.39, 0.29) is 5.91 Å². The van der Waals surface area contributed by atoms with Crippen molar-refractivity contribution < 1.29 is 23.8 Å². The molecule has 0 aliphatic rings. The van der Waals surface area contributed by atoms with Gasteiger partial charge in [0.05, 0.1) is 13.7 Å². The predicted octanol–water partition coefficient (Wildman–Crippen LogP) is 1.04. The van der Waals surface area contributed by atoms with Crippen molar-refractivity contribution in [3.63, 3.8) is 0 Å². The number of amides is 1. The van der Waals surface area contributed by atoms with Gasteiger partial charge in [0, 0.05) is 19.2 Å². The number of methoxy groups -OCH3 is 2. The first kappa shape index (κ1) is 16.0. The van der Waals surface area contributed by atoms with Gasteiger partial charge < -0.3 is 19.5 Å². The van der Waals surface area contributed by atoms with E-state index in [1.165, 1.54) is 13.2 Å². The maximum absolute atomic E-state index is 11.8. The van der Waals surface area contributed by atoms with Gasteiger partial charge in [0.1, 0.15) is 6.29 Å². The quantitative estimate of drug-likeness (QED) is 0.569. The highest BCUT2D eigenvalue weighted by molar-refractivity contribution is 5.81. The summed E-state index contributed by atoms with van der Waals surface area (Å²) >= 11 is 0. The lowest BCUT2D eigenvalue weighted by Gasteiger charge is -2.16. The van der Waals surface area contributed by atoms with Crippen LogP contribution in [0.2, 0.25) is 0 Å². The van der Waals surface area contributed by atoms with Gasteiger partial charge in [-0.2, -0.15) is 0 Å². The molecule has 1 aromatic rings. The molecule has 1 unspecified atom stereocenters. The average molecular weight is 281 g/mol. The first-order chi connectivity index (χ1) is 9.62. The van der Waals surface area contributed by atoms with Crippen molar-refractivity contribution in [2.45, 2.75) is 13.0 Å². The lowest BCUT2D eigenvalue weighted by atomic mass is 10.2. The van der Waals surface area contributed by atoms with Gasteiger partial charge in [-0.25, -0.2) is 0 Å². The van der Waals surface area contributed by atoms with Gasteiger partial charge in [-0.3, -0.25) is 9.59 Å². The van der Waals surface area contributed by atoms with Gasteiger partial charge in [0.15, 0.2) is 17.6 Å². The summed E-state index contributed by atoms with van der Waals surface area (Å²) in [6.07, 6.45) is -0.00188. The van der Waals surface area contributed by atoms with Crippen molar-refractivity contribution in [3.8, 4) is 11.5 Å². The molecular weight excluding hydrogens is 262 g/mol. The Kier molecular flexibility index (Phi) is 6.52. The van der Waals surface area contributed by atoms with Crippen molar-refractivity contribution in [2.24, 2.45) is 0 Å². The number of hydrogen-bond donors (Lipinski definition) is 1. The first-order valence-corrected chi connectivity index (χ1v) is 6.19. The van der Waals surface area contributed by atoms with E-state index in [1.54, 1.807) is 26.2 Å². The Bertz CT molecular complexity index is 461. The maximum atomic E-state index is 11.8. The number of aldehydes is 1. The van der Waals surface area contributed by atoms with Gasteiger partial charge >= 0.3 is 0 Å². The molecule has 1 aromatic carbocycles. The van der Waals surface area contributed by atoms with E-state index in [2.05, 4.69) is 5.32 Å². The molecule has 0 aliphatic carbocycles. The van der Waals surface area contributed by atoms with Crippen LogP contribution in [0.1, 0.15) is 17.3 Å². The molecule has 1 N–H and O–H groups in total. The smallest absolute Gasteiger partial charge is 0.260 e. The Hall–Kier alpha value is -2.08. The van der Waals surface area contributed by atoms with Gasteiger partial charge in [-0.1, -0.05) is 0 Å². The Morgan fingerprint density at radius 3 is 2.70 bits per heavy atom. The standard InChI is InChI=1S/C14H19NO5/c1-10(14(17)15-6-7-18-2)20-13-8-11(9-16)4-5-12(13)19-3/h4-5,8-10H,6-7H2,1-3H3,(H,15,17). The summed E-state index contributed by atoms with van der Waals surface area (Å²) in [5.41, 5.74) is 0.452. The molecule has 0 heterocycles. The van der Waals surface area contributed by atoms with Crippen molar-refractivity contribution in [1.82, 2.24) is 5.32 Å². The first-order valence-electron chi connectivity index (χ1n) is 6.19. The SMILES string of the molecule is COCCNC(=O)C(C)Oc1cc(C=O)ccc1OC. The summed E-state index contributed by atoms with van der Waals surface area (Å²) in [6.45, 7) is 2.46. The highest BCUT2D eigenvalue weighted by Gasteiger charge is 2.16. The molecule has 6 heteroatoms. The zero-order valence-corrected chi connectivity index (χ0v) is 11.8. The highest BCUT2D eigenvalue weighted by Crippen LogP contribution is 2.28. The van der Waals surface area contributed by atoms with E-state index < -0.39 is 6.10 Å². The number of nitrogens with one attached hydrogen (secondary N) is 1. The number of carbonyl (C=O) groups excluding carboxylic acids is 2.